The van der Waals surface area contributed by atoms with Gasteiger partial charge in [-0.25, -0.2) is 0 Å². The topological polar surface area (TPSA) is 32.9 Å². The van der Waals surface area contributed by atoms with Crippen LogP contribution in [0.15, 0.2) is 10.2 Å². The van der Waals surface area contributed by atoms with Crippen molar-refractivity contribution in [2.45, 2.75) is 58.3 Å². The predicted molar refractivity (Wildman–Crippen MR) is 66.7 cm³/mol. The maximum atomic E-state index is 11.0. The van der Waals surface area contributed by atoms with Gasteiger partial charge in [0.25, 0.3) is 0 Å². The molecule has 0 bridgehead atoms. The van der Waals surface area contributed by atoms with Crippen molar-refractivity contribution in [2.75, 3.05) is 0 Å². The summed E-state index contributed by atoms with van der Waals surface area (Å²) in [6.45, 7) is 4.42. The SMILES string of the molecule is CCCCCCC(CC)c1csc(=O)[nH]1. The number of hydrogen-bond donors (Lipinski definition) is 1. The van der Waals surface area contributed by atoms with Crippen LogP contribution < -0.4 is 4.87 Å². The Morgan fingerprint density at radius 2 is 2.13 bits per heavy atom. The molecule has 0 fully saturated rings. The summed E-state index contributed by atoms with van der Waals surface area (Å²) in [5.74, 6) is 0.556. The zero-order chi connectivity index (χ0) is 11.1. The van der Waals surface area contributed by atoms with E-state index in [1.54, 1.807) is 0 Å². The molecule has 1 atom stereocenters. The average Bonchev–Trinajstić information content (AvgIpc) is 2.65. The Balaban J connectivity index is 2.39. The smallest absolute Gasteiger partial charge is 0.304 e. The van der Waals surface area contributed by atoms with Gasteiger partial charge >= 0.3 is 4.87 Å². The molecule has 1 rings (SSSR count). The van der Waals surface area contributed by atoms with Gasteiger partial charge in [0.1, 0.15) is 0 Å². The Hall–Kier alpha value is -0.570. The second-order valence-corrected chi connectivity index (χ2v) is 4.90. The minimum atomic E-state index is 0.0806. The molecule has 1 unspecified atom stereocenters. The second-order valence-electron chi connectivity index (χ2n) is 4.06. The lowest BCUT2D eigenvalue weighted by atomic mass is 9.96. The highest BCUT2D eigenvalue weighted by Gasteiger charge is 2.10. The van der Waals surface area contributed by atoms with Crippen molar-refractivity contribution in [3.05, 3.63) is 20.7 Å². The van der Waals surface area contributed by atoms with E-state index in [1.807, 2.05) is 5.38 Å². The van der Waals surface area contributed by atoms with Gasteiger partial charge in [0, 0.05) is 11.1 Å². The van der Waals surface area contributed by atoms with Crippen LogP contribution in [-0.4, -0.2) is 4.98 Å². The fourth-order valence-electron chi connectivity index (χ4n) is 1.89. The van der Waals surface area contributed by atoms with Gasteiger partial charge in [-0.05, 0) is 18.8 Å². The fraction of sp³-hybridized carbons (Fsp3) is 0.750. The first-order chi connectivity index (χ1) is 7.27. The van der Waals surface area contributed by atoms with Crippen molar-refractivity contribution in [2.24, 2.45) is 0 Å². The largest absolute Gasteiger partial charge is 0.316 e. The lowest BCUT2D eigenvalue weighted by Gasteiger charge is -2.12. The van der Waals surface area contributed by atoms with Gasteiger partial charge in [-0.2, -0.15) is 0 Å². The molecule has 1 aromatic rings. The van der Waals surface area contributed by atoms with E-state index in [4.69, 9.17) is 0 Å². The summed E-state index contributed by atoms with van der Waals surface area (Å²) in [6.07, 6.45) is 7.55. The maximum Gasteiger partial charge on any atom is 0.304 e. The molecular formula is C12H21NOS. The summed E-state index contributed by atoms with van der Waals surface area (Å²) < 4.78 is 0. The van der Waals surface area contributed by atoms with Crippen molar-refractivity contribution >= 4 is 11.3 Å². The van der Waals surface area contributed by atoms with Crippen LogP contribution in [0, 0.1) is 0 Å². The molecule has 0 radical (unpaired) electrons. The van der Waals surface area contributed by atoms with Crippen molar-refractivity contribution < 1.29 is 0 Å². The molecule has 0 spiro atoms. The highest BCUT2D eigenvalue weighted by Crippen LogP contribution is 2.24. The molecule has 0 aromatic carbocycles. The molecule has 15 heavy (non-hydrogen) atoms. The molecule has 0 saturated heterocycles. The van der Waals surface area contributed by atoms with Gasteiger partial charge in [0.15, 0.2) is 0 Å². The van der Waals surface area contributed by atoms with E-state index in [0.717, 1.165) is 12.1 Å². The van der Waals surface area contributed by atoms with Crippen molar-refractivity contribution in [1.29, 1.82) is 0 Å². The van der Waals surface area contributed by atoms with Crippen LogP contribution in [0.5, 0.6) is 0 Å². The summed E-state index contributed by atoms with van der Waals surface area (Å²) in [4.78, 5) is 14.1. The molecular weight excluding hydrogens is 206 g/mol. The van der Waals surface area contributed by atoms with Crippen LogP contribution in [0.25, 0.3) is 0 Å². The lowest BCUT2D eigenvalue weighted by molar-refractivity contribution is 0.535. The van der Waals surface area contributed by atoms with Crippen LogP contribution in [0.4, 0.5) is 0 Å². The number of rotatable bonds is 7. The van der Waals surface area contributed by atoms with E-state index >= 15 is 0 Å². The first-order valence-electron chi connectivity index (χ1n) is 5.95. The van der Waals surface area contributed by atoms with Crippen molar-refractivity contribution in [1.82, 2.24) is 4.98 Å². The third-order valence-electron chi connectivity index (χ3n) is 2.88. The molecule has 1 N–H and O–H groups in total. The molecule has 0 aliphatic rings. The van der Waals surface area contributed by atoms with E-state index in [9.17, 15) is 4.79 Å². The average molecular weight is 227 g/mol. The first-order valence-corrected chi connectivity index (χ1v) is 6.83. The molecule has 2 nitrogen and oxygen atoms in total. The standard InChI is InChI=1S/C12H21NOS/c1-3-5-6-7-8-10(4-2)11-9-15-12(14)13-11/h9-10H,3-8H2,1-2H3,(H,13,14). The Morgan fingerprint density at radius 3 is 2.67 bits per heavy atom. The monoisotopic (exact) mass is 227 g/mol. The van der Waals surface area contributed by atoms with Gasteiger partial charge in [-0.3, -0.25) is 4.79 Å². The molecule has 3 heteroatoms. The molecule has 0 amide bonds. The molecule has 0 aliphatic heterocycles. The third-order valence-corrected chi connectivity index (χ3v) is 3.57. The number of unbranched alkanes of at least 4 members (excludes halogenated alkanes) is 3. The van der Waals surface area contributed by atoms with E-state index in [2.05, 4.69) is 18.8 Å². The lowest BCUT2D eigenvalue weighted by Crippen LogP contribution is -2.02. The van der Waals surface area contributed by atoms with Crippen LogP contribution in [0.1, 0.15) is 64.0 Å². The zero-order valence-corrected chi connectivity index (χ0v) is 10.5. The number of aromatic nitrogens is 1. The number of hydrogen-bond acceptors (Lipinski definition) is 2. The zero-order valence-electron chi connectivity index (χ0n) is 9.71. The van der Waals surface area contributed by atoms with Crippen molar-refractivity contribution in [3.63, 3.8) is 0 Å². The quantitative estimate of drug-likeness (QED) is 0.704. The first kappa shape index (κ1) is 12.5. The van der Waals surface area contributed by atoms with E-state index < -0.39 is 0 Å². The molecule has 1 aromatic heterocycles. The number of thiazole rings is 1. The van der Waals surface area contributed by atoms with Gasteiger partial charge in [0.2, 0.25) is 0 Å². The van der Waals surface area contributed by atoms with E-state index in [1.165, 1.54) is 43.4 Å². The predicted octanol–water partition coefficient (Wildman–Crippen LogP) is 3.90. The van der Waals surface area contributed by atoms with Gasteiger partial charge in [-0.1, -0.05) is 50.9 Å². The minimum absolute atomic E-state index is 0.0806. The number of nitrogens with one attached hydrogen (secondary N) is 1. The Morgan fingerprint density at radius 1 is 1.33 bits per heavy atom. The summed E-state index contributed by atoms with van der Waals surface area (Å²) in [5.41, 5.74) is 1.14. The van der Waals surface area contributed by atoms with Gasteiger partial charge < -0.3 is 4.98 Å². The van der Waals surface area contributed by atoms with Gasteiger partial charge in [-0.15, -0.1) is 0 Å². The van der Waals surface area contributed by atoms with Crippen LogP contribution >= 0.6 is 11.3 Å². The fourth-order valence-corrected chi connectivity index (χ4v) is 2.55. The molecule has 86 valence electrons. The Kier molecular flexibility index (Phi) is 5.69. The molecule has 0 aliphatic carbocycles. The number of H-pyrrole nitrogens is 1. The summed E-state index contributed by atoms with van der Waals surface area (Å²) in [7, 11) is 0. The summed E-state index contributed by atoms with van der Waals surface area (Å²) in [5, 5.41) is 1.98. The molecule has 0 saturated carbocycles. The second kappa shape index (κ2) is 6.83. The summed E-state index contributed by atoms with van der Waals surface area (Å²) >= 11 is 1.28. The Bertz CT molecular complexity index is 315. The Labute approximate surface area is 95.7 Å². The van der Waals surface area contributed by atoms with E-state index in [-0.39, 0.29) is 4.87 Å². The highest BCUT2D eigenvalue weighted by molar-refractivity contribution is 7.07. The van der Waals surface area contributed by atoms with E-state index in [0.29, 0.717) is 5.92 Å². The maximum absolute atomic E-state index is 11.0. The minimum Gasteiger partial charge on any atom is -0.316 e. The van der Waals surface area contributed by atoms with Crippen LogP contribution in [0.3, 0.4) is 0 Å². The summed E-state index contributed by atoms with van der Waals surface area (Å²) in [6, 6.07) is 0. The number of aromatic amines is 1. The highest BCUT2D eigenvalue weighted by atomic mass is 32.1. The van der Waals surface area contributed by atoms with Crippen LogP contribution in [-0.2, 0) is 0 Å². The van der Waals surface area contributed by atoms with Crippen molar-refractivity contribution in [3.8, 4) is 0 Å². The van der Waals surface area contributed by atoms with Gasteiger partial charge in [0.05, 0.1) is 0 Å². The van der Waals surface area contributed by atoms with Crippen LogP contribution in [0.2, 0.25) is 0 Å². The third kappa shape index (κ3) is 4.20. The molecule has 1 heterocycles. The normalized spacial score (nSPS) is 12.9.